The van der Waals surface area contributed by atoms with Gasteiger partial charge in [0.25, 0.3) is 0 Å². The number of piperazine rings is 1. The molecule has 3 aromatic rings. The van der Waals surface area contributed by atoms with Gasteiger partial charge in [0, 0.05) is 62.5 Å². The SMILES string of the molecule is COCCN1CCN(C(=O)C2CCc3c(sc4ncnc(Nc5ccc6c(c5)C=NC6)c34)C2)CC1. The Hall–Kier alpha value is -2.88. The van der Waals surface area contributed by atoms with Crippen LogP contribution in [0.25, 0.3) is 10.2 Å². The van der Waals surface area contributed by atoms with Crippen molar-refractivity contribution >= 4 is 45.2 Å². The van der Waals surface area contributed by atoms with Gasteiger partial charge in [-0.2, -0.15) is 0 Å². The number of methoxy groups -OCH3 is 1. The molecule has 1 aliphatic carbocycles. The highest BCUT2D eigenvalue weighted by Crippen LogP contribution is 2.41. The zero-order valence-electron chi connectivity index (χ0n) is 20.0. The molecule has 0 spiro atoms. The maximum atomic E-state index is 13.3. The molecule has 1 amide bonds. The van der Waals surface area contributed by atoms with Crippen LogP contribution in [0.4, 0.5) is 11.5 Å². The van der Waals surface area contributed by atoms with Gasteiger partial charge in [-0.05, 0) is 48.1 Å². The molecule has 1 saturated heterocycles. The zero-order chi connectivity index (χ0) is 23.8. The van der Waals surface area contributed by atoms with Gasteiger partial charge in [0.05, 0.1) is 18.5 Å². The smallest absolute Gasteiger partial charge is 0.226 e. The standard InChI is InChI=1S/C26H30N6O2S/c1-34-11-10-31-6-8-32(9-7-31)26(33)17-3-5-21-22(13-17)35-25-23(21)24(28-16-29-25)30-20-4-2-18-14-27-15-19(18)12-20/h2,4,12,15-17H,3,5-11,13-14H2,1H3,(H,28,29,30). The summed E-state index contributed by atoms with van der Waals surface area (Å²) in [5.41, 5.74) is 4.73. The molecule has 182 valence electrons. The molecular formula is C26H30N6O2S. The first-order valence-electron chi connectivity index (χ1n) is 12.3. The second kappa shape index (κ2) is 9.64. The summed E-state index contributed by atoms with van der Waals surface area (Å²) < 4.78 is 5.19. The molecule has 3 aliphatic rings. The van der Waals surface area contributed by atoms with Crippen LogP contribution in [0.1, 0.15) is 28.0 Å². The number of carbonyl (C=O) groups is 1. The van der Waals surface area contributed by atoms with E-state index in [2.05, 4.69) is 48.3 Å². The molecule has 1 aromatic carbocycles. The molecular weight excluding hydrogens is 460 g/mol. The van der Waals surface area contributed by atoms with Crippen LogP contribution in [0, 0.1) is 5.92 Å². The lowest BCUT2D eigenvalue weighted by Gasteiger charge is -2.37. The number of thiophene rings is 1. The summed E-state index contributed by atoms with van der Waals surface area (Å²) >= 11 is 1.72. The van der Waals surface area contributed by atoms with Crippen LogP contribution in [0.5, 0.6) is 0 Å². The monoisotopic (exact) mass is 490 g/mol. The minimum absolute atomic E-state index is 0.0569. The molecule has 0 bridgehead atoms. The van der Waals surface area contributed by atoms with Gasteiger partial charge in [-0.1, -0.05) is 6.07 Å². The molecule has 0 saturated carbocycles. The molecule has 35 heavy (non-hydrogen) atoms. The van der Waals surface area contributed by atoms with Gasteiger partial charge in [0.15, 0.2) is 0 Å². The number of nitrogens with one attached hydrogen (secondary N) is 1. The van der Waals surface area contributed by atoms with E-state index in [1.165, 1.54) is 16.0 Å². The van der Waals surface area contributed by atoms with Crippen molar-refractivity contribution in [2.75, 3.05) is 51.8 Å². The number of fused-ring (bicyclic) bond motifs is 4. The number of anilines is 2. The topological polar surface area (TPSA) is 83.0 Å². The van der Waals surface area contributed by atoms with E-state index in [0.717, 1.165) is 92.4 Å². The van der Waals surface area contributed by atoms with Crippen LogP contribution in [0.15, 0.2) is 29.5 Å². The van der Waals surface area contributed by atoms with E-state index in [0.29, 0.717) is 5.91 Å². The van der Waals surface area contributed by atoms with E-state index in [1.807, 2.05) is 6.21 Å². The van der Waals surface area contributed by atoms with E-state index in [-0.39, 0.29) is 5.92 Å². The summed E-state index contributed by atoms with van der Waals surface area (Å²) in [6.07, 6.45) is 6.13. The number of aromatic nitrogens is 2. The van der Waals surface area contributed by atoms with E-state index in [1.54, 1.807) is 24.8 Å². The van der Waals surface area contributed by atoms with Crippen molar-refractivity contribution in [1.29, 1.82) is 0 Å². The Morgan fingerprint density at radius 1 is 1.23 bits per heavy atom. The molecule has 2 aromatic heterocycles. The molecule has 2 aliphatic heterocycles. The Kier molecular flexibility index (Phi) is 6.22. The normalized spacial score (nSPS) is 19.7. The average molecular weight is 491 g/mol. The number of nitrogens with zero attached hydrogens (tertiary/aromatic N) is 5. The van der Waals surface area contributed by atoms with Crippen molar-refractivity contribution in [1.82, 2.24) is 19.8 Å². The fourth-order valence-electron chi connectivity index (χ4n) is 5.40. The Morgan fingerprint density at radius 2 is 2.11 bits per heavy atom. The zero-order valence-corrected chi connectivity index (χ0v) is 20.8. The number of hydrogen-bond acceptors (Lipinski definition) is 8. The molecule has 1 N–H and O–H groups in total. The van der Waals surface area contributed by atoms with Gasteiger partial charge < -0.3 is 15.0 Å². The van der Waals surface area contributed by atoms with E-state index in [9.17, 15) is 4.79 Å². The third-order valence-electron chi connectivity index (χ3n) is 7.39. The van der Waals surface area contributed by atoms with Crippen LogP contribution >= 0.6 is 11.3 Å². The summed E-state index contributed by atoms with van der Waals surface area (Å²) in [6, 6.07) is 6.34. The minimum Gasteiger partial charge on any atom is -0.383 e. The van der Waals surface area contributed by atoms with Gasteiger partial charge in [-0.15, -0.1) is 11.3 Å². The van der Waals surface area contributed by atoms with Gasteiger partial charge in [0.2, 0.25) is 5.91 Å². The highest BCUT2D eigenvalue weighted by Gasteiger charge is 2.32. The summed E-state index contributed by atoms with van der Waals surface area (Å²) in [7, 11) is 1.73. The minimum atomic E-state index is 0.0569. The Balaban J connectivity index is 1.18. The van der Waals surface area contributed by atoms with Crippen molar-refractivity contribution in [3.8, 4) is 0 Å². The lowest BCUT2D eigenvalue weighted by atomic mass is 9.86. The van der Waals surface area contributed by atoms with Crippen molar-refractivity contribution in [2.45, 2.75) is 25.8 Å². The molecule has 9 heteroatoms. The number of aryl methyl sites for hydroxylation is 1. The van der Waals surface area contributed by atoms with Crippen LogP contribution in [0.2, 0.25) is 0 Å². The van der Waals surface area contributed by atoms with Crippen molar-refractivity contribution in [3.63, 3.8) is 0 Å². The molecule has 1 unspecified atom stereocenters. The predicted octanol–water partition coefficient (Wildman–Crippen LogP) is 3.26. The maximum Gasteiger partial charge on any atom is 0.226 e. The highest BCUT2D eigenvalue weighted by molar-refractivity contribution is 7.19. The summed E-state index contributed by atoms with van der Waals surface area (Å²) in [5, 5.41) is 4.63. The van der Waals surface area contributed by atoms with Crippen LogP contribution in [0.3, 0.4) is 0 Å². The first-order valence-corrected chi connectivity index (χ1v) is 13.2. The summed E-state index contributed by atoms with van der Waals surface area (Å²) in [5.74, 6) is 1.21. The molecule has 6 rings (SSSR count). The fraction of sp³-hybridized carbons (Fsp3) is 0.462. The number of amides is 1. The van der Waals surface area contributed by atoms with Crippen molar-refractivity contribution in [2.24, 2.45) is 10.9 Å². The fourth-order valence-corrected chi connectivity index (χ4v) is 6.67. The lowest BCUT2D eigenvalue weighted by molar-refractivity contribution is -0.137. The van der Waals surface area contributed by atoms with Crippen molar-refractivity contribution < 1.29 is 9.53 Å². The van der Waals surface area contributed by atoms with Gasteiger partial charge in [-0.25, -0.2) is 9.97 Å². The molecule has 8 nitrogen and oxygen atoms in total. The maximum absolute atomic E-state index is 13.3. The summed E-state index contributed by atoms with van der Waals surface area (Å²) in [6.45, 7) is 5.90. The first-order chi connectivity index (χ1) is 17.2. The highest BCUT2D eigenvalue weighted by atomic mass is 32.1. The van der Waals surface area contributed by atoms with E-state index in [4.69, 9.17) is 4.74 Å². The molecule has 1 atom stereocenters. The second-order valence-corrected chi connectivity index (χ2v) is 10.6. The van der Waals surface area contributed by atoms with Crippen LogP contribution in [-0.2, 0) is 28.9 Å². The number of ether oxygens (including phenoxy) is 1. The Bertz CT molecular complexity index is 1280. The number of rotatable bonds is 6. The third kappa shape index (κ3) is 4.44. The Morgan fingerprint density at radius 3 is 2.97 bits per heavy atom. The number of aliphatic imine (C=N–C) groups is 1. The first kappa shape index (κ1) is 22.6. The van der Waals surface area contributed by atoms with Gasteiger partial charge >= 0.3 is 0 Å². The number of hydrogen-bond donors (Lipinski definition) is 1. The summed E-state index contributed by atoms with van der Waals surface area (Å²) in [4.78, 5) is 33.6. The number of benzene rings is 1. The lowest BCUT2D eigenvalue weighted by Crippen LogP contribution is -2.51. The van der Waals surface area contributed by atoms with Gasteiger partial charge in [-0.3, -0.25) is 14.7 Å². The quantitative estimate of drug-likeness (QED) is 0.571. The van der Waals surface area contributed by atoms with Crippen LogP contribution in [-0.4, -0.2) is 78.3 Å². The molecule has 0 radical (unpaired) electrons. The Labute approximate surface area is 209 Å². The van der Waals surface area contributed by atoms with E-state index >= 15 is 0 Å². The molecule has 1 fully saturated rings. The third-order valence-corrected chi connectivity index (χ3v) is 8.55. The number of carbonyl (C=O) groups excluding carboxylic acids is 1. The average Bonchev–Trinajstić information content (AvgIpc) is 3.51. The predicted molar refractivity (Wildman–Crippen MR) is 139 cm³/mol. The van der Waals surface area contributed by atoms with Crippen molar-refractivity contribution in [3.05, 3.63) is 46.1 Å². The van der Waals surface area contributed by atoms with Crippen LogP contribution < -0.4 is 5.32 Å². The largest absolute Gasteiger partial charge is 0.383 e. The second-order valence-electron chi connectivity index (χ2n) is 9.51. The van der Waals surface area contributed by atoms with Gasteiger partial charge in [0.1, 0.15) is 17.0 Å². The van der Waals surface area contributed by atoms with E-state index < -0.39 is 0 Å². The molecule has 4 heterocycles.